The van der Waals surface area contributed by atoms with E-state index in [0.717, 1.165) is 17.1 Å². The first-order chi connectivity index (χ1) is 18.6. The molecule has 196 valence electrons. The molecule has 0 atom stereocenters. The molecule has 0 spiro atoms. The zero-order valence-corrected chi connectivity index (χ0v) is 24.1. The molecule has 0 fully saturated rings. The highest BCUT2D eigenvalue weighted by molar-refractivity contribution is 5.79. The van der Waals surface area contributed by atoms with E-state index < -0.39 is 0 Å². The van der Waals surface area contributed by atoms with Crippen molar-refractivity contribution in [1.29, 1.82) is 0 Å². The summed E-state index contributed by atoms with van der Waals surface area (Å²) in [5, 5.41) is 0. The standard InChI is InChI=1S/C38H39N/c1-37(2,3)32-20-12-28(13-21-32)30-16-24-35(25-17-30)39(34-10-8-7-9-11-34)36-26-18-31(19-27-36)29-14-22-33(23-15-29)38(4,5)6/h7-27H,1-6H3. The lowest BCUT2D eigenvalue weighted by atomic mass is 9.86. The summed E-state index contributed by atoms with van der Waals surface area (Å²) in [6.45, 7) is 13.5. The first-order valence-corrected chi connectivity index (χ1v) is 13.9. The Labute approximate surface area is 234 Å². The van der Waals surface area contributed by atoms with E-state index in [-0.39, 0.29) is 10.8 Å². The molecule has 5 aromatic carbocycles. The molecule has 0 bridgehead atoms. The highest BCUT2D eigenvalue weighted by Crippen LogP contribution is 2.37. The Morgan fingerprint density at radius 2 is 0.615 bits per heavy atom. The van der Waals surface area contributed by atoms with E-state index in [0.29, 0.717) is 0 Å². The van der Waals surface area contributed by atoms with Crippen LogP contribution in [-0.4, -0.2) is 0 Å². The lowest BCUT2D eigenvalue weighted by Gasteiger charge is -2.26. The van der Waals surface area contributed by atoms with Gasteiger partial charge in [-0.1, -0.05) is 133 Å². The Balaban J connectivity index is 1.44. The second-order valence-electron chi connectivity index (χ2n) is 12.4. The maximum absolute atomic E-state index is 2.32. The molecular formula is C38H39N. The van der Waals surface area contributed by atoms with E-state index in [1.165, 1.54) is 33.4 Å². The zero-order chi connectivity index (χ0) is 27.6. The van der Waals surface area contributed by atoms with Crippen LogP contribution in [0.15, 0.2) is 127 Å². The minimum atomic E-state index is 0.157. The quantitative estimate of drug-likeness (QED) is 0.228. The van der Waals surface area contributed by atoms with Gasteiger partial charge in [0.25, 0.3) is 0 Å². The molecule has 0 unspecified atom stereocenters. The minimum absolute atomic E-state index is 0.157. The van der Waals surface area contributed by atoms with Crippen LogP contribution in [0.4, 0.5) is 17.1 Å². The van der Waals surface area contributed by atoms with Crippen LogP contribution in [0.25, 0.3) is 22.3 Å². The monoisotopic (exact) mass is 509 g/mol. The maximum Gasteiger partial charge on any atom is 0.0462 e. The summed E-state index contributed by atoms with van der Waals surface area (Å²) in [6.07, 6.45) is 0. The molecule has 0 heterocycles. The highest BCUT2D eigenvalue weighted by atomic mass is 15.1. The average Bonchev–Trinajstić information content (AvgIpc) is 2.94. The fraction of sp³-hybridized carbons (Fsp3) is 0.211. The van der Waals surface area contributed by atoms with E-state index in [4.69, 9.17) is 0 Å². The summed E-state index contributed by atoms with van der Waals surface area (Å²) in [6, 6.07) is 46.3. The van der Waals surface area contributed by atoms with Gasteiger partial charge in [0, 0.05) is 17.1 Å². The molecule has 0 saturated heterocycles. The Morgan fingerprint density at radius 1 is 0.333 bits per heavy atom. The summed E-state index contributed by atoms with van der Waals surface area (Å²) >= 11 is 0. The lowest BCUT2D eigenvalue weighted by molar-refractivity contribution is 0.590. The number of hydrogen-bond acceptors (Lipinski definition) is 1. The number of nitrogens with zero attached hydrogens (tertiary/aromatic N) is 1. The van der Waals surface area contributed by atoms with Gasteiger partial charge in [0.2, 0.25) is 0 Å². The van der Waals surface area contributed by atoms with E-state index >= 15 is 0 Å². The Morgan fingerprint density at radius 3 is 0.923 bits per heavy atom. The van der Waals surface area contributed by atoms with Crippen molar-refractivity contribution in [2.75, 3.05) is 4.90 Å². The molecule has 0 N–H and O–H groups in total. The normalized spacial score (nSPS) is 11.8. The third-order valence-corrected chi connectivity index (χ3v) is 7.43. The topological polar surface area (TPSA) is 3.24 Å². The first-order valence-electron chi connectivity index (χ1n) is 13.9. The van der Waals surface area contributed by atoms with Crippen molar-refractivity contribution in [3.05, 3.63) is 139 Å². The highest BCUT2D eigenvalue weighted by Gasteiger charge is 2.16. The van der Waals surface area contributed by atoms with Gasteiger partial charge in [0.15, 0.2) is 0 Å². The van der Waals surface area contributed by atoms with Gasteiger partial charge in [-0.25, -0.2) is 0 Å². The zero-order valence-electron chi connectivity index (χ0n) is 24.1. The second kappa shape index (κ2) is 10.6. The average molecular weight is 510 g/mol. The molecule has 1 nitrogen and oxygen atoms in total. The molecule has 1 heteroatoms. The van der Waals surface area contributed by atoms with Crippen LogP contribution in [0.5, 0.6) is 0 Å². The van der Waals surface area contributed by atoms with Crippen LogP contribution < -0.4 is 4.90 Å². The SMILES string of the molecule is CC(C)(C)c1ccc(-c2ccc(N(c3ccccc3)c3ccc(-c4ccc(C(C)(C)C)cc4)cc3)cc2)cc1. The molecule has 5 aromatic rings. The van der Waals surface area contributed by atoms with Gasteiger partial charge < -0.3 is 4.90 Å². The van der Waals surface area contributed by atoms with Crippen LogP contribution in [-0.2, 0) is 10.8 Å². The van der Waals surface area contributed by atoms with Crippen LogP contribution in [0.2, 0.25) is 0 Å². The van der Waals surface area contributed by atoms with Gasteiger partial charge >= 0.3 is 0 Å². The lowest BCUT2D eigenvalue weighted by Crippen LogP contribution is -2.10. The molecule has 0 aliphatic heterocycles. The molecule has 0 radical (unpaired) electrons. The molecule has 0 aliphatic rings. The summed E-state index contributed by atoms with van der Waals surface area (Å²) in [7, 11) is 0. The molecular weight excluding hydrogens is 470 g/mol. The number of hydrogen-bond donors (Lipinski definition) is 0. The smallest absolute Gasteiger partial charge is 0.0462 e. The number of anilines is 3. The summed E-state index contributed by atoms with van der Waals surface area (Å²) < 4.78 is 0. The van der Waals surface area contributed by atoms with Crippen molar-refractivity contribution in [3.8, 4) is 22.3 Å². The second-order valence-corrected chi connectivity index (χ2v) is 12.4. The van der Waals surface area contributed by atoms with Gasteiger partial charge in [-0.05, 0) is 80.6 Å². The molecule has 5 rings (SSSR count). The Kier molecular flexibility index (Phi) is 7.19. The van der Waals surface area contributed by atoms with Crippen molar-refractivity contribution >= 4 is 17.1 Å². The summed E-state index contributed by atoms with van der Waals surface area (Å²) in [4.78, 5) is 2.32. The number of rotatable bonds is 5. The fourth-order valence-electron chi connectivity index (χ4n) is 4.96. The van der Waals surface area contributed by atoms with E-state index in [1.54, 1.807) is 0 Å². The molecule has 0 aromatic heterocycles. The van der Waals surface area contributed by atoms with Crippen LogP contribution in [0, 0.1) is 0 Å². The van der Waals surface area contributed by atoms with Gasteiger partial charge in [0.1, 0.15) is 0 Å². The third kappa shape index (κ3) is 5.99. The molecule has 0 saturated carbocycles. The third-order valence-electron chi connectivity index (χ3n) is 7.43. The van der Waals surface area contributed by atoms with Gasteiger partial charge in [-0.2, -0.15) is 0 Å². The summed E-state index contributed by atoms with van der Waals surface area (Å²) in [5.41, 5.74) is 11.4. The molecule has 39 heavy (non-hydrogen) atoms. The molecule has 0 amide bonds. The number of benzene rings is 5. The van der Waals surface area contributed by atoms with Crippen LogP contribution in [0.3, 0.4) is 0 Å². The van der Waals surface area contributed by atoms with Crippen molar-refractivity contribution < 1.29 is 0 Å². The van der Waals surface area contributed by atoms with Crippen LogP contribution in [0.1, 0.15) is 52.7 Å². The van der Waals surface area contributed by atoms with Crippen molar-refractivity contribution in [3.63, 3.8) is 0 Å². The Hall–Kier alpha value is -4.10. The largest absolute Gasteiger partial charge is 0.311 e. The predicted octanol–water partition coefficient (Wildman–Crippen LogP) is 11.1. The van der Waals surface area contributed by atoms with Crippen molar-refractivity contribution in [2.24, 2.45) is 0 Å². The fourth-order valence-corrected chi connectivity index (χ4v) is 4.96. The first kappa shape index (κ1) is 26.5. The van der Waals surface area contributed by atoms with Gasteiger partial charge in [0.05, 0.1) is 0 Å². The molecule has 0 aliphatic carbocycles. The van der Waals surface area contributed by atoms with Crippen molar-refractivity contribution in [2.45, 2.75) is 52.4 Å². The van der Waals surface area contributed by atoms with Crippen LogP contribution >= 0.6 is 0 Å². The van der Waals surface area contributed by atoms with Crippen molar-refractivity contribution in [1.82, 2.24) is 0 Å². The van der Waals surface area contributed by atoms with E-state index in [9.17, 15) is 0 Å². The predicted molar refractivity (Wildman–Crippen MR) is 169 cm³/mol. The van der Waals surface area contributed by atoms with E-state index in [2.05, 4.69) is 174 Å². The minimum Gasteiger partial charge on any atom is -0.311 e. The van der Waals surface area contributed by atoms with Gasteiger partial charge in [-0.15, -0.1) is 0 Å². The summed E-state index contributed by atoms with van der Waals surface area (Å²) in [5.74, 6) is 0. The van der Waals surface area contributed by atoms with E-state index in [1.807, 2.05) is 0 Å². The maximum atomic E-state index is 2.32. The number of para-hydroxylation sites is 1. The van der Waals surface area contributed by atoms with Gasteiger partial charge in [-0.3, -0.25) is 0 Å². The Bertz CT molecular complexity index is 1390.